The summed E-state index contributed by atoms with van der Waals surface area (Å²) in [6.07, 6.45) is 1.77. The van der Waals surface area contributed by atoms with E-state index in [1.54, 1.807) is 6.92 Å². The molecule has 0 aliphatic carbocycles. The number of hydrogen-bond donors (Lipinski definition) is 2. The lowest BCUT2D eigenvalue weighted by Crippen LogP contribution is -2.53. The molecule has 0 heterocycles. The summed E-state index contributed by atoms with van der Waals surface area (Å²) < 4.78 is 0. The molecule has 0 bridgehead atoms. The Kier molecular flexibility index (Phi) is 7.48. The van der Waals surface area contributed by atoms with Gasteiger partial charge in [0.05, 0.1) is 0 Å². The first kappa shape index (κ1) is 17.4. The third-order valence-electron chi connectivity index (χ3n) is 3.79. The van der Waals surface area contributed by atoms with Gasteiger partial charge < -0.3 is 15.3 Å². The van der Waals surface area contributed by atoms with Crippen molar-refractivity contribution in [3.05, 3.63) is 0 Å². The zero-order valence-electron chi connectivity index (χ0n) is 12.8. The molecule has 0 rings (SSSR count). The second kappa shape index (κ2) is 7.74. The minimum Gasteiger partial charge on any atom is -0.480 e. The van der Waals surface area contributed by atoms with Crippen molar-refractivity contribution in [3.63, 3.8) is 0 Å². The van der Waals surface area contributed by atoms with Gasteiger partial charge in [0.1, 0.15) is 5.54 Å². The number of carboxylic acid groups (broad SMARTS) is 1. The van der Waals surface area contributed by atoms with Crippen molar-refractivity contribution in [2.45, 2.75) is 59.0 Å². The first-order valence-corrected chi connectivity index (χ1v) is 6.95. The maximum Gasteiger partial charge on any atom is 0.323 e. The Balaban J connectivity index is 4.50. The summed E-state index contributed by atoms with van der Waals surface area (Å²) in [6.45, 7) is 11.9. The van der Waals surface area contributed by atoms with Crippen molar-refractivity contribution in [1.82, 2.24) is 10.2 Å². The van der Waals surface area contributed by atoms with Crippen molar-refractivity contribution in [3.8, 4) is 0 Å². The van der Waals surface area contributed by atoms with Crippen LogP contribution in [0, 0.1) is 5.92 Å². The molecule has 0 aliphatic heterocycles. The Hall–Kier alpha value is -0.610. The number of aliphatic carboxylic acids is 1. The Bertz CT molecular complexity index is 258. The van der Waals surface area contributed by atoms with Crippen LogP contribution in [0.25, 0.3) is 0 Å². The van der Waals surface area contributed by atoms with E-state index in [2.05, 4.69) is 38.0 Å². The van der Waals surface area contributed by atoms with Crippen molar-refractivity contribution in [2.24, 2.45) is 5.92 Å². The van der Waals surface area contributed by atoms with E-state index >= 15 is 0 Å². The fourth-order valence-electron chi connectivity index (χ4n) is 2.17. The monoisotopic (exact) mass is 258 g/mol. The summed E-state index contributed by atoms with van der Waals surface area (Å²) in [5, 5.41) is 12.4. The maximum absolute atomic E-state index is 11.4. The lowest BCUT2D eigenvalue weighted by atomic mass is 9.92. The van der Waals surface area contributed by atoms with Gasteiger partial charge in [-0.1, -0.05) is 27.2 Å². The highest BCUT2D eigenvalue weighted by Crippen LogP contribution is 2.17. The number of nitrogens with zero attached hydrogens (tertiary/aromatic N) is 1. The predicted molar refractivity (Wildman–Crippen MR) is 75.9 cm³/mol. The Morgan fingerprint density at radius 2 is 1.94 bits per heavy atom. The molecule has 0 saturated heterocycles. The lowest BCUT2D eigenvalue weighted by molar-refractivity contribution is -0.145. The summed E-state index contributed by atoms with van der Waals surface area (Å²) in [5.41, 5.74) is -0.835. The second-order valence-corrected chi connectivity index (χ2v) is 5.67. The fourth-order valence-corrected chi connectivity index (χ4v) is 2.17. The van der Waals surface area contributed by atoms with E-state index in [0.29, 0.717) is 18.9 Å². The molecule has 3 atom stereocenters. The third-order valence-corrected chi connectivity index (χ3v) is 3.79. The summed E-state index contributed by atoms with van der Waals surface area (Å²) >= 11 is 0. The molecule has 0 amide bonds. The van der Waals surface area contributed by atoms with Gasteiger partial charge in [0.25, 0.3) is 0 Å². The molecule has 4 nitrogen and oxygen atoms in total. The van der Waals surface area contributed by atoms with E-state index in [9.17, 15) is 9.90 Å². The van der Waals surface area contributed by atoms with Crippen LogP contribution in [-0.2, 0) is 4.79 Å². The van der Waals surface area contributed by atoms with Gasteiger partial charge in [-0.3, -0.25) is 4.79 Å². The molecule has 18 heavy (non-hydrogen) atoms. The highest BCUT2D eigenvalue weighted by Gasteiger charge is 2.34. The molecular weight excluding hydrogens is 228 g/mol. The number of carboxylic acids is 1. The van der Waals surface area contributed by atoms with Gasteiger partial charge in [0.15, 0.2) is 0 Å². The van der Waals surface area contributed by atoms with Gasteiger partial charge in [-0.05, 0) is 39.8 Å². The molecule has 4 heteroatoms. The van der Waals surface area contributed by atoms with Gasteiger partial charge >= 0.3 is 5.97 Å². The Labute approximate surface area is 112 Å². The number of hydrogen-bond acceptors (Lipinski definition) is 3. The largest absolute Gasteiger partial charge is 0.480 e. The summed E-state index contributed by atoms with van der Waals surface area (Å²) in [6, 6.07) is 0.249. The molecule has 0 aromatic carbocycles. The van der Waals surface area contributed by atoms with Gasteiger partial charge in [-0.2, -0.15) is 0 Å². The number of carbonyl (C=O) groups is 1. The zero-order valence-corrected chi connectivity index (χ0v) is 12.8. The van der Waals surface area contributed by atoms with Crippen molar-refractivity contribution >= 4 is 5.97 Å². The number of rotatable bonds is 9. The molecule has 2 N–H and O–H groups in total. The predicted octanol–water partition coefficient (Wildman–Crippen LogP) is 2.20. The molecule has 0 aromatic heterocycles. The zero-order chi connectivity index (χ0) is 14.3. The van der Waals surface area contributed by atoms with Gasteiger partial charge in [0.2, 0.25) is 0 Å². The van der Waals surface area contributed by atoms with Crippen LogP contribution in [0.5, 0.6) is 0 Å². The highest BCUT2D eigenvalue weighted by molar-refractivity contribution is 5.78. The van der Waals surface area contributed by atoms with E-state index in [4.69, 9.17) is 0 Å². The van der Waals surface area contributed by atoms with Crippen LogP contribution < -0.4 is 5.32 Å². The average molecular weight is 258 g/mol. The van der Waals surface area contributed by atoms with Gasteiger partial charge in [0, 0.05) is 12.6 Å². The SMILES string of the molecule is CCNC(C)(CC(C)N(C)CC(C)CC)C(=O)O. The Morgan fingerprint density at radius 3 is 2.33 bits per heavy atom. The minimum atomic E-state index is -0.835. The summed E-state index contributed by atoms with van der Waals surface area (Å²) in [7, 11) is 2.07. The average Bonchev–Trinajstić information content (AvgIpc) is 2.28. The smallest absolute Gasteiger partial charge is 0.323 e. The molecule has 0 aromatic rings. The van der Waals surface area contributed by atoms with Crippen molar-refractivity contribution in [2.75, 3.05) is 20.1 Å². The van der Waals surface area contributed by atoms with Crippen LogP contribution in [0.4, 0.5) is 0 Å². The van der Waals surface area contributed by atoms with Crippen LogP contribution in [0.15, 0.2) is 0 Å². The summed E-state index contributed by atoms with van der Waals surface area (Å²) in [4.78, 5) is 13.6. The first-order chi connectivity index (χ1) is 8.26. The van der Waals surface area contributed by atoms with E-state index in [0.717, 1.165) is 13.0 Å². The van der Waals surface area contributed by atoms with Crippen LogP contribution >= 0.6 is 0 Å². The second-order valence-electron chi connectivity index (χ2n) is 5.67. The van der Waals surface area contributed by atoms with E-state index in [1.165, 1.54) is 0 Å². The van der Waals surface area contributed by atoms with Gasteiger partial charge in [-0.25, -0.2) is 0 Å². The van der Waals surface area contributed by atoms with Crippen LogP contribution in [-0.4, -0.2) is 47.7 Å². The molecule has 0 fully saturated rings. The number of nitrogens with one attached hydrogen (secondary N) is 1. The van der Waals surface area contributed by atoms with Crippen LogP contribution in [0.1, 0.15) is 47.5 Å². The lowest BCUT2D eigenvalue weighted by Gasteiger charge is -2.34. The van der Waals surface area contributed by atoms with E-state index in [1.807, 2.05) is 6.92 Å². The van der Waals surface area contributed by atoms with E-state index in [-0.39, 0.29) is 6.04 Å². The summed E-state index contributed by atoms with van der Waals surface area (Å²) in [5.74, 6) is -0.124. The number of likely N-dealkylation sites (N-methyl/N-ethyl adjacent to an activating group) is 1. The molecule has 0 aliphatic rings. The highest BCUT2D eigenvalue weighted by atomic mass is 16.4. The molecule has 0 spiro atoms. The van der Waals surface area contributed by atoms with Crippen molar-refractivity contribution < 1.29 is 9.90 Å². The molecule has 0 saturated carbocycles. The topological polar surface area (TPSA) is 52.6 Å². The quantitative estimate of drug-likeness (QED) is 0.665. The molecule has 0 radical (unpaired) electrons. The van der Waals surface area contributed by atoms with Crippen LogP contribution in [0.3, 0.4) is 0 Å². The fraction of sp³-hybridized carbons (Fsp3) is 0.929. The van der Waals surface area contributed by atoms with Crippen molar-refractivity contribution in [1.29, 1.82) is 0 Å². The van der Waals surface area contributed by atoms with E-state index < -0.39 is 11.5 Å². The first-order valence-electron chi connectivity index (χ1n) is 6.95. The normalized spacial score (nSPS) is 18.4. The third kappa shape index (κ3) is 5.36. The molecule has 108 valence electrons. The molecular formula is C14H30N2O2. The minimum absolute atomic E-state index is 0.249. The maximum atomic E-state index is 11.4. The molecule has 3 unspecified atom stereocenters. The van der Waals surface area contributed by atoms with Gasteiger partial charge in [-0.15, -0.1) is 0 Å². The van der Waals surface area contributed by atoms with Crippen LogP contribution in [0.2, 0.25) is 0 Å². The standard InChI is InChI=1S/C14H30N2O2/c1-7-11(3)10-16(6)12(4)9-14(5,13(17)18)15-8-2/h11-12,15H,7-10H2,1-6H3,(H,17,18). The Morgan fingerprint density at radius 1 is 1.39 bits per heavy atom.